The van der Waals surface area contributed by atoms with Gasteiger partial charge in [0.25, 0.3) is 0 Å². The van der Waals surface area contributed by atoms with Crippen molar-refractivity contribution in [3.05, 3.63) is 16.7 Å². The summed E-state index contributed by atoms with van der Waals surface area (Å²) in [6.45, 7) is 3.48. The topological polar surface area (TPSA) is 55.8 Å². The SMILES string of the molecule is COc1cc(Cl)c(OC)c(O)c1C(=O)C(C)C. The van der Waals surface area contributed by atoms with E-state index in [9.17, 15) is 9.90 Å². The number of rotatable bonds is 4. The lowest BCUT2D eigenvalue weighted by atomic mass is 9.99. The fraction of sp³-hybridized carbons (Fsp3) is 0.417. The predicted molar refractivity (Wildman–Crippen MR) is 65.4 cm³/mol. The van der Waals surface area contributed by atoms with Crippen LogP contribution in [0.4, 0.5) is 0 Å². The van der Waals surface area contributed by atoms with Gasteiger partial charge in [-0.1, -0.05) is 25.4 Å². The van der Waals surface area contributed by atoms with Gasteiger partial charge in [-0.25, -0.2) is 0 Å². The summed E-state index contributed by atoms with van der Waals surface area (Å²) in [6, 6.07) is 1.45. The Bertz CT molecular complexity index is 441. The normalized spacial score (nSPS) is 10.5. The lowest BCUT2D eigenvalue weighted by Crippen LogP contribution is -2.10. The second-order valence-corrected chi connectivity index (χ2v) is 4.24. The van der Waals surface area contributed by atoms with E-state index in [0.29, 0.717) is 0 Å². The lowest BCUT2D eigenvalue weighted by Gasteiger charge is -2.15. The largest absolute Gasteiger partial charge is 0.504 e. The smallest absolute Gasteiger partial charge is 0.180 e. The van der Waals surface area contributed by atoms with Gasteiger partial charge in [-0.05, 0) is 0 Å². The molecule has 0 aromatic heterocycles. The number of hydrogen-bond donors (Lipinski definition) is 1. The molecule has 0 fully saturated rings. The van der Waals surface area contributed by atoms with Gasteiger partial charge in [0, 0.05) is 12.0 Å². The third-order valence-corrected chi connectivity index (χ3v) is 2.65. The van der Waals surface area contributed by atoms with Crippen molar-refractivity contribution in [2.24, 2.45) is 5.92 Å². The molecule has 0 saturated carbocycles. The molecule has 4 nitrogen and oxygen atoms in total. The number of hydrogen-bond acceptors (Lipinski definition) is 4. The number of carbonyl (C=O) groups is 1. The molecular formula is C12H15ClO4. The molecule has 1 aromatic rings. The van der Waals surface area contributed by atoms with Gasteiger partial charge in [-0.3, -0.25) is 4.79 Å². The Hall–Kier alpha value is -1.42. The van der Waals surface area contributed by atoms with E-state index < -0.39 is 0 Å². The van der Waals surface area contributed by atoms with E-state index in [1.165, 1.54) is 20.3 Å². The van der Waals surface area contributed by atoms with Gasteiger partial charge in [0.15, 0.2) is 17.3 Å². The zero-order valence-corrected chi connectivity index (χ0v) is 11.0. The molecule has 1 aromatic carbocycles. The predicted octanol–water partition coefficient (Wildman–Crippen LogP) is 2.90. The molecule has 0 bridgehead atoms. The van der Waals surface area contributed by atoms with Crippen molar-refractivity contribution >= 4 is 17.4 Å². The Morgan fingerprint density at radius 3 is 2.35 bits per heavy atom. The minimum atomic E-state index is -0.282. The average molecular weight is 259 g/mol. The number of methoxy groups -OCH3 is 2. The minimum Gasteiger partial charge on any atom is -0.504 e. The van der Waals surface area contributed by atoms with Crippen molar-refractivity contribution in [3.8, 4) is 17.2 Å². The van der Waals surface area contributed by atoms with Crippen LogP contribution in [0.2, 0.25) is 5.02 Å². The zero-order valence-electron chi connectivity index (χ0n) is 10.2. The molecule has 1 N–H and O–H groups in total. The van der Waals surface area contributed by atoms with E-state index in [4.69, 9.17) is 21.1 Å². The van der Waals surface area contributed by atoms with Gasteiger partial charge in [0.05, 0.1) is 19.2 Å². The van der Waals surface area contributed by atoms with E-state index >= 15 is 0 Å². The standard InChI is InChI=1S/C12H15ClO4/c1-6(2)10(14)9-8(16-3)5-7(13)12(17-4)11(9)15/h5-6,15H,1-4H3. The van der Waals surface area contributed by atoms with Gasteiger partial charge in [0.2, 0.25) is 0 Å². The summed E-state index contributed by atoms with van der Waals surface area (Å²) < 4.78 is 10.0. The van der Waals surface area contributed by atoms with Gasteiger partial charge in [-0.2, -0.15) is 0 Å². The van der Waals surface area contributed by atoms with E-state index in [1.54, 1.807) is 13.8 Å². The first kappa shape index (κ1) is 13.6. The van der Waals surface area contributed by atoms with Crippen LogP contribution in [0.5, 0.6) is 17.2 Å². The van der Waals surface area contributed by atoms with Crippen molar-refractivity contribution in [1.82, 2.24) is 0 Å². The van der Waals surface area contributed by atoms with Gasteiger partial charge < -0.3 is 14.6 Å². The average Bonchev–Trinajstić information content (AvgIpc) is 2.27. The first-order valence-electron chi connectivity index (χ1n) is 5.11. The lowest BCUT2D eigenvalue weighted by molar-refractivity contribution is 0.0932. The number of phenolic OH excluding ortho intramolecular Hbond substituents is 1. The Balaban J connectivity index is 3.50. The summed E-state index contributed by atoms with van der Waals surface area (Å²) in [5.74, 6) is -0.450. The molecule has 0 heterocycles. The fourth-order valence-electron chi connectivity index (χ4n) is 1.48. The van der Waals surface area contributed by atoms with Crippen molar-refractivity contribution in [2.75, 3.05) is 14.2 Å². The van der Waals surface area contributed by atoms with Crippen molar-refractivity contribution in [3.63, 3.8) is 0 Å². The summed E-state index contributed by atoms with van der Waals surface area (Å²) in [6.07, 6.45) is 0. The summed E-state index contributed by atoms with van der Waals surface area (Å²) in [4.78, 5) is 12.0. The molecule has 94 valence electrons. The molecule has 5 heteroatoms. The second-order valence-electron chi connectivity index (χ2n) is 3.84. The van der Waals surface area contributed by atoms with Gasteiger partial charge >= 0.3 is 0 Å². The summed E-state index contributed by atoms with van der Waals surface area (Å²) in [7, 11) is 2.78. The van der Waals surface area contributed by atoms with Gasteiger partial charge in [-0.15, -0.1) is 0 Å². The van der Waals surface area contributed by atoms with Crippen LogP contribution in [0.3, 0.4) is 0 Å². The van der Waals surface area contributed by atoms with E-state index in [-0.39, 0.29) is 39.5 Å². The minimum absolute atomic E-state index is 0.0801. The maximum Gasteiger partial charge on any atom is 0.180 e. The summed E-state index contributed by atoms with van der Waals surface area (Å²) >= 11 is 5.89. The molecule has 17 heavy (non-hydrogen) atoms. The number of Topliss-reactive ketones (excluding diaryl/α,β-unsaturated/α-hetero) is 1. The Kier molecular flexibility index (Phi) is 4.23. The van der Waals surface area contributed by atoms with Crippen LogP contribution in [0.1, 0.15) is 24.2 Å². The number of ether oxygens (including phenoxy) is 2. The molecule has 0 aliphatic heterocycles. The number of halogens is 1. The molecule has 0 aliphatic carbocycles. The highest BCUT2D eigenvalue weighted by Crippen LogP contribution is 2.43. The van der Waals surface area contributed by atoms with Gasteiger partial charge in [0.1, 0.15) is 11.3 Å². The molecule has 0 amide bonds. The molecule has 0 aliphatic rings. The zero-order chi connectivity index (χ0) is 13.2. The van der Waals surface area contributed by atoms with Crippen LogP contribution in [0, 0.1) is 5.92 Å². The Labute approximate surface area is 105 Å². The molecule has 0 spiro atoms. The van der Waals surface area contributed by atoms with Crippen LogP contribution < -0.4 is 9.47 Å². The number of phenols is 1. The van der Waals surface area contributed by atoms with Crippen LogP contribution in [-0.4, -0.2) is 25.1 Å². The second kappa shape index (κ2) is 5.27. The number of carbonyl (C=O) groups excluding carboxylic acids is 1. The number of ketones is 1. The molecule has 0 saturated heterocycles. The third-order valence-electron chi connectivity index (χ3n) is 2.37. The van der Waals surface area contributed by atoms with E-state index in [0.717, 1.165) is 0 Å². The van der Waals surface area contributed by atoms with E-state index in [2.05, 4.69) is 0 Å². The highest BCUT2D eigenvalue weighted by atomic mass is 35.5. The fourth-order valence-corrected chi connectivity index (χ4v) is 1.74. The number of benzene rings is 1. The number of aromatic hydroxyl groups is 1. The maximum atomic E-state index is 12.0. The quantitative estimate of drug-likeness (QED) is 0.844. The molecule has 0 radical (unpaired) electrons. The molecule has 0 atom stereocenters. The highest BCUT2D eigenvalue weighted by molar-refractivity contribution is 6.32. The Morgan fingerprint density at radius 1 is 1.35 bits per heavy atom. The first-order chi connectivity index (χ1) is 7.93. The van der Waals surface area contributed by atoms with Crippen molar-refractivity contribution < 1.29 is 19.4 Å². The third kappa shape index (κ3) is 2.47. The first-order valence-corrected chi connectivity index (χ1v) is 5.49. The summed E-state index contributed by atoms with van der Waals surface area (Å²) in [5, 5.41) is 10.2. The summed E-state index contributed by atoms with van der Waals surface area (Å²) in [5.41, 5.74) is 0.101. The monoisotopic (exact) mass is 258 g/mol. The van der Waals surface area contributed by atoms with E-state index in [1.807, 2.05) is 0 Å². The van der Waals surface area contributed by atoms with Crippen LogP contribution in [-0.2, 0) is 0 Å². The van der Waals surface area contributed by atoms with Crippen LogP contribution in [0.25, 0.3) is 0 Å². The molecule has 0 unspecified atom stereocenters. The molecule has 1 rings (SSSR count). The van der Waals surface area contributed by atoms with Crippen molar-refractivity contribution in [1.29, 1.82) is 0 Å². The molecular weight excluding hydrogens is 244 g/mol. The van der Waals surface area contributed by atoms with Crippen molar-refractivity contribution in [2.45, 2.75) is 13.8 Å². The maximum absolute atomic E-state index is 12.0. The highest BCUT2D eigenvalue weighted by Gasteiger charge is 2.25. The van der Waals surface area contributed by atoms with Crippen LogP contribution >= 0.6 is 11.6 Å². The van der Waals surface area contributed by atoms with Crippen LogP contribution in [0.15, 0.2) is 6.07 Å². The Morgan fingerprint density at radius 2 is 1.94 bits per heavy atom.